The third kappa shape index (κ3) is 2.64. The minimum atomic E-state index is -0.222. The van der Waals surface area contributed by atoms with Crippen LogP contribution in [0.15, 0.2) is 36.0 Å². The lowest BCUT2D eigenvalue weighted by atomic mass is 10.1. The third-order valence-electron chi connectivity index (χ3n) is 1.83. The topological polar surface area (TPSA) is 49.8 Å². The van der Waals surface area contributed by atoms with Crippen molar-refractivity contribution in [3.8, 4) is 6.07 Å². The Balaban J connectivity index is 2.84. The van der Waals surface area contributed by atoms with E-state index in [-0.39, 0.29) is 5.92 Å². The van der Waals surface area contributed by atoms with Crippen molar-refractivity contribution in [3.05, 3.63) is 41.6 Å². The van der Waals surface area contributed by atoms with Crippen LogP contribution in [-0.2, 0) is 0 Å². The first-order valence-corrected chi connectivity index (χ1v) is 4.16. The van der Waals surface area contributed by atoms with Gasteiger partial charge >= 0.3 is 0 Å². The first-order chi connectivity index (χ1) is 6.24. The van der Waals surface area contributed by atoms with E-state index in [4.69, 9.17) is 11.0 Å². The lowest BCUT2D eigenvalue weighted by molar-refractivity contribution is 0.871. The monoisotopic (exact) mass is 172 g/mol. The maximum atomic E-state index is 8.61. The largest absolute Gasteiger partial charge is 0.401 e. The van der Waals surface area contributed by atoms with Gasteiger partial charge in [-0.3, -0.25) is 0 Å². The summed E-state index contributed by atoms with van der Waals surface area (Å²) in [4.78, 5) is 0. The standard InChI is InChI=1S/C11H12N2/c1-9(8-12)11(13)7-10-5-3-2-4-6-10/h2-7,9H,13H2,1H3. The molecule has 0 bridgehead atoms. The minimum absolute atomic E-state index is 0.222. The maximum Gasteiger partial charge on any atom is 0.0829 e. The molecule has 1 aromatic carbocycles. The fraction of sp³-hybridized carbons (Fsp3) is 0.182. The molecule has 2 heteroatoms. The molecule has 0 fully saturated rings. The van der Waals surface area contributed by atoms with Crippen LogP contribution < -0.4 is 5.73 Å². The maximum absolute atomic E-state index is 8.61. The van der Waals surface area contributed by atoms with Crippen LogP contribution in [0.4, 0.5) is 0 Å². The average molecular weight is 172 g/mol. The van der Waals surface area contributed by atoms with Gasteiger partial charge in [-0.25, -0.2) is 0 Å². The number of nitrogens with two attached hydrogens (primary N) is 1. The van der Waals surface area contributed by atoms with E-state index in [9.17, 15) is 0 Å². The molecule has 1 aromatic rings. The van der Waals surface area contributed by atoms with Crippen LogP contribution in [0, 0.1) is 17.2 Å². The van der Waals surface area contributed by atoms with Crippen molar-refractivity contribution in [2.45, 2.75) is 6.92 Å². The summed E-state index contributed by atoms with van der Waals surface area (Å²) in [6.07, 6.45) is 1.83. The second-order valence-electron chi connectivity index (χ2n) is 2.91. The van der Waals surface area contributed by atoms with E-state index < -0.39 is 0 Å². The van der Waals surface area contributed by atoms with Crippen LogP contribution in [0.5, 0.6) is 0 Å². The molecule has 0 amide bonds. The highest BCUT2D eigenvalue weighted by Crippen LogP contribution is 2.09. The summed E-state index contributed by atoms with van der Waals surface area (Å²) in [6, 6.07) is 11.8. The molecule has 0 saturated carbocycles. The summed E-state index contributed by atoms with van der Waals surface area (Å²) in [6.45, 7) is 1.79. The number of rotatable bonds is 2. The molecule has 2 N–H and O–H groups in total. The number of hydrogen-bond donors (Lipinski definition) is 1. The smallest absolute Gasteiger partial charge is 0.0829 e. The minimum Gasteiger partial charge on any atom is -0.401 e. The molecule has 2 nitrogen and oxygen atoms in total. The summed E-state index contributed by atoms with van der Waals surface area (Å²) >= 11 is 0. The van der Waals surface area contributed by atoms with Gasteiger partial charge in [0.25, 0.3) is 0 Å². The number of benzene rings is 1. The van der Waals surface area contributed by atoms with Crippen molar-refractivity contribution in [3.63, 3.8) is 0 Å². The Morgan fingerprint density at radius 1 is 1.46 bits per heavy atom. The molecule has 0 heterocycles. The molecule has 0 saturated heterocycles. The Bertz CT molecular complexity index is 333. The second-order valence-corrected chi connectivity index (χ2v) is 2.91. The summed E-state index contributed by atoms with van der Waals surface area (Å²) < 4.78 is 0. The predicted octanol–water partition coefficient (Wildman–Crippen LogP) is 2.15. The van der Waals surface area contributed by atoms with Gasteiger partial charge in [-0.2, -0.15) is 5.26 Å². The zero-order chi connectivity index (χ0) is 9.68. The molecule has 66 valence electrons. The van der Waals surface area contributed by atoms with Crippen molar-refractivity contribution in [1.29, 1.82) is 5.26 Å². The van der Waals surface area contributed by atoms with Crippen LogP contribution in [0.2, 0.25) is 0 Å². The zero-order valence-electron chi connectivity index (χ0n) is 7.57. The first-order valence-electron chi connectivity index (χ1n) is 4.16. The first kappa shape index (κ1) is 9.34. The Hall–Kier alpha value is -1.75. The number of nitrogens with zero attached hydrogens (tertiary/aromatic N) is 1. The van der Waals surface area contributed by atoms with E-state index in [0.717, 1.165) is 5.56 Å². The number of hydrogen-bond acceptors (Lipinski definition) is 2. The van der Waals surface area contributed by atoms with Gasteiger partial charge in [0.15, 0.2) is 0 Å². The van der Waals surface area contributed by atoms with E-state index in [1.807, 2.05) is 36.4 Å². The van der Waals surface area contributed by atoms with Crippen LogP contribution in [0.1, 0.15) is 12.5 Å². The summed E-state index contributed by atoms with van der Waals surface area (Å²) in [7, 11) is 0. The van der Waals surface area contributed by atoms with Gasteiger partial charge in [0.2, 0.25) is 0 Å². The fourth-order valence-electron chi connectivity index (χ4n) is 0.941. The number of nitriles is 1. The third-order valence-corrected chi connectivity index (χ3v) is 1.83. The highest BCUT2D eigenvalue weighted by molar-refractivity contribution is 5.52. The van der Waals surface area contributed by atoms with Crippen molar-refractivity contribution in [2.75, 3.05) is 0 Å². The molecule has 1 unspecified atom stereocenters. The fourth-order valence-corrected chi connectivity index (χ4v) is 0.941. The van der Waals surface area contributed by atoms with Gasteiger partial charge in [0, 0.05) is 5.70 Å². The average Bonchev–Trinajstić information content (AvgIpc) is 2.18. The summed E-state index contributed by atoms with van der Waals surface area (Å²) in [5, 5.41) is 8.61. The van der Waals surface area contributed by atoms with Crippen molar-refractivity contribution < 1.29 is 0 Å². The molecule has 0 aliphatic heterocycles. The lowest BCUT2D eigenvalue weighted by Crippen LogP contribution is -2.05. The van der Waals surface area contributed by atoms with E-state index in [1.54, 1.807) is 6.92 Å². The highest BCUT2D eigenvalue weighted by atomic mass is 14.6. The van der Waals surface area contributed by atoms with E-state index in [2.05, 4.69) is 6.07 Å². The quantitative estimate of drug-likeness (QED) is 0.743. The molecule has 0 spiro atoms. The van der Waals surface area contributed by atoms with E-state index in [0.29, 0.717) is 5.70 Å². The van der Waals surface area contributed by atoms with E-state index >= 15 is 0 Å². The Kier molecular flexibility index (Phi) is 3.10. The molecule has 0 aliphatic rings. The van der Waals surface area contributed by atoms with Gasteiger partial charge in [-0.1, -0.05) is 30.3 Å². The molecule has 0 radical (unpaired) electrons. The molecule has 0 aliphatic carbocycles. The Morgan fingerprint density at radius 2 is 2.08 bits per heavy atom. The SMILES string of the molecule is CC(C#N)C(N)=Cc1ccccc1. The van der Waals surface area contributed by atoms with Crippen LogP contribution in [0.3, 0.4) is 0 Å². The summed E-state index contributed by atoms with van der Waals surface area (Å²) in [5.74, 6) is -0.222. The molecule has 0 aromatic heterocycles. The molecular formula is C11H12N2. The van der Waals surface area contributed by atoms with Gasteiger partial charge in [0.1, 0.15) is 0 Å². The van der Waals surface area contributed by atoms with Gasteiger partial charge in [-0.15, -0.1) is 0 Å². The zero-order valence-corrected chi connectivity index (χ0v) is 7.57. The van der Waals surface area contributed by atoms with E-state index in [1.165, 1.54) is 0 Å². The van der Waals surface area contributed by atoms with Gasteiger partial charge in [-0.05, 0) is 18.6 Å². The number of allylic oxidation sites excluding steroid dienone is 1. The van der Waals surface area contributed by atoms with Gasteiger partial charge in [0.05, 0.1) is 12.0 Å². The second kappa shape index (κ2) is 4.32. The van der Waals surface area contributed by atoms with Crippen molar-refractivity contribution >= 4 is 6.08 Å². The molecule has 1 atom stereocenters. The predicted molar refractivity (Wildman–Crippen MR) is 53.4 cm³/mol. The Labute approximate surface area is 78.3 Å². The van der Waals surface area contributed by atoms with Crippen molar-refractivity contribution in [1.82, 2.24) is 0 Å². The molecule has 1 rings (SSSR count). The summed E-state index contributed by atoms with van der Waals surface area (Å²) in [5.41, 5.74) is 7.33. The van der Waals surface area contributed by atoms with Crippen LogP contribution in [0.25, 0.3) is 6.08 Å². The lowest BCUT2D eigenvalue weighted by Gasteiger charge is -2.01. The van der Waals surface area contributed by atoms with Gasteiger partial charge < -0.3 is 5.73 Å². The van der Waals surface area contributed by atoms with Crippen LogP contribution >= 0.6 is 0 Å². The normalized spacial score (nSPS) is 13.4. The van der Waals surface area contributed by atoms with Crippen LogP contribution in [-0.4, -0.2) is 0 Å². The molecule has 13 heavy (non-hydrogen) atoms. The highest BCUT2D eigenvalue weighted by Gasteiger charge is 2.01. The van der Waals surface area contributed by atoms with Crippen molar-refractivity contribution in [2.24, 2.45) is 11.7 Å². The Morgan fingerprint density at radius 3 is 2.62 bits per heavy atom. The molecular weight excluding hydrogens is 160 g/mol.